The zero-order valence-electron chi connectivity index (χ0n) is 13.6. The fourth-order valence-corrected chi connectivity index (χ4v) is 3.33. The van der Waals surface area contributed by atoms with Crippen LogP contribution in [0.25, 0.3) is 0 Å². The summed E-state index contributed by atoms with van der Waals surface area (Å²) in [6.45, 7) is 2.24. The first kappa shape index (κ1) is 16.3. The molecular formula is C17H23N5O2. The van der Waals surface area contributed by atoms with Gasteiger partial charge in [0.2, 0.25) is 5.91 Å². The van der Waals surface area contributed by atoms with E-state index in [-0.39, 0.29) is 11.8 Å². The van der Waals surface area contributed by atoms with Crippen LogP contribution in [0.1, 0.15) is 47.7 Å². The number of likely N-dealkylation sites (tertiary alicyclic amines) is 1. The van der Waals surface area contributed by atoms with Crippen molar-refractivity contribution in [2.45, 2.75) is 38.1 Å². The molecule has 0 spiro atoms. The van der Waals surface area contributed by atoms with Gasteiger partial charge in [-0.15, -0.1) is 0 Å². The Hall–Kier alpha value is -2.57. The SMILES string of the molecule is NC(=O)c1cn[nH]c1C1CCCN(C(=O)CCCn2cccc2)C1. The van der Waals surface area contributed by atoms with Crippen molar-refractivity contribution < 1.29 is 9.59 Å². The van der Waals surface area contributed by atoms with E-state index in [0.29, 0.717) is 18.5 Å². The molecule has 0 bridgehead atoms. The monoisotopic (exact) mass is 329 g/mol. The van der Waals surface area contributed by atoms with E-state index in [1.54, 1.807) is 0 Å². The fourth-order valence-electron chi connectivity index (χ4n) is 3.33. The minimum absolute atomic E-state index is 0.0946. The molecule has 0 saturated carbocycles. The van der Waals surface area contributed by atoms with Crippen LogP contribution in [0.5, 0.6) is 0 Å². The number of carbonyl (C=O) groups excluding carboxylic acids is 2. The van der Waals surface area contributed by atoms with Gasteiger partial charge in [0.25, 0.3) is 5.91 Å². The predicted molar refractivity (Wildman–Crippen MR) is 89.3 cm³/mol. The highest BCUT2D eigenvalue weighted by atomic mass is 16.2. The molecule has 2 amide bonds. The Morgan fingerprint density at radius 3 is 2.88 bits per heavy atom. The quantitative estimate of drug-likeness (QED) is 0.840. The van der Waals surface area contributed by atoms with Crippen molar-refractivity contribution in [3.8, 4) is 0 Å². The van der Waals surface area contributed by atoms with E-state index in [1.165, 1.54) is 6.20 Å². The number of amides is 2. The second kappa shape index (κ2) is 7.33. The third-order valence-electron chi connectivity index (χ3n) is 4.59. The van der Waals surface area contributed by atoms with Crippen molar-refractivity contribution >= 4 is 11.8 Å². The number of primary amides is 1. The molecule has 7 nitrogen and oxygen atoms in total. The van der Waals surface area contributed by atoms with Crippen LogP contribution in [-0.2, 0) is 11.3 Å². The van der Waals surface area contributed by atoms with Crippen LogP contribution >= 0.6 is 0 Å². The minimum atomic E-state index is -0.478. The molecule has 2 aromatic heterocycles. The maximum absolute atomic E-state index is 12.5. The van der Waals surface area contributed by atoms with Crippen molar-refractivity contribution in [3.05, 3.63) is 42.0 Å². The number of hydrogen-bond donors (Lipinski definition) is 2. The molecule has 7 heteroatoms. The highest BCUT2D eigenvalue weighted by molar-refractivity contribution is 5.93. The number of nitrogens with two attached hydrogens (primary N) is 1. The molecule has 1 fully saturated rings. The molecule has 1 saturated heterocycles. The first-order valence-corrected chi connectivity index (χ1v) is 8.36. The molecule has 3 rings (SSSR count). The van der Waals surface area contributed by atoms with Gasteiger partial charge in [0.1, 0.15) is 0 Å². The second-order valence-corrected chi connectivity index (χ2v) is 6.26. The van der Waals surface area contributed by atoms with E-state index in [9.17, 15) is 9.59 Å². The van der Waals surface area contributed by atoms with Crippen LogP contribution < -0.4 is 5.73 Å². The summed E-state index contributed by atoms with van der Waals surface area (Å²) in [6, 6.07) is 3.97. The Morgan fingerprint density at radius 1 is 1.33 bits per heavy atom. The summed E-state index contributed by atoms with van der Waals surface area (Å²) in [6.07, 6.45) is 8.69. The van der Waals surface area contributed by atoms with Crippen LogP contribution in [0.4, 0.5) is 0 Å². The number of aromatic amines is 1. The molecule has 0 aromatic carbocycles. The smallest absolute Gasteiger partial charge is 0.252 e. The van der Waals surface area contributed by atoms with E-state index in [0.717, 1.165) is 38.0 Å². The molecule has 1 atom stereocenters. The van der Waals surface area contributed by atoms with E-state index in [4.69, 9.17) is 5.73 Å². The summed E-state index contributed by atoms with van der Waals surface area (Å²) in [7, 11) is 0. The molecule has 3 heterocycles. The van der Waals surface area contributed by atoms with Gasteiger partial charge in [-0.05, 0) is 31.4 Å². The lowest BCUT2D eigenvalue weighted by Gasteiger charge is -2.32. The Labute approximate surface area is 140 Å². The number of aromatic nitrogens is 3. The molecule has 1 aliphatic heterocycles. The van der Waals surface area contributed by atoms with Crippen LogP contribution in [0, 0.1) is 0 Å². The molecule has 1 unspecified atom stereocenters. The van der Waals surface area contributed by atoms with Gasteiger partial charge < -0.3 is 15.2 Å². The summed E-state index contributed by atoms with van der Waals surface area (Å²) in [4.78, 5) is 25.8. The predicted octanol–water partition coefficient (Wildman–Crippen LogP) is 1.50. The van der Waals surface area contributed by atoms with Crippen LogP contribution in [0.2, 0.25) is 0 Å². The molecule has 24 heavy (non-hydrogen) atoms. The first-order valence-electron chi connectivity index (χ1n) is 8.36. The minimum Gasteiger partial charge on any atom is -0.365 e. The zero-order chi connectivity index (χ0) is 16.9. The number of hydrogen-bond acceptors (Lipinski definition) is 3. The average Bonchev–Trinajstić information content (AvgIpc) is 3.26. The number of nitrogens with zero attached hydrogens (tertiary/aromatic N) is 3. The molecular weight excluding hydrogens is 306 g/mol. The standard InChI is InChI=1S/C17H23N5O2/c18-17(24)14-11-19-20-16(14)13-5-3-10-22(12-13)15(23)6-4-9-21-7-1-2-8-21/h1-2,7-8,11,13H,3-6,9-10,12H2,(H2,18,24)(H,19,20). The highest BCUT2D eigenvalue weighted by Crippen LogP contribution is 2.28. The Morgan fingerprint density at radius 2 is 2.12 bits per heavy atom. The number of nitrogens with one attached hydrogen (secondary N) is 1. The maximum Gasteiger partial charge on any atom is 0.252 e. The molecule has 3 N–H and O–H groups in total. The second-order valence-electron chi connectivity index (χ2n) is 6.26. The average molecular weight is 329 g/mol. The van der Waals surface area contributed by atoms with Gasteiger partial charge in [-0.3, -0.25) is 14.7 Å². The number of H-pyrrole nitrogens is 1. The molecule has 0 aliphatic carbocycles. The lowest BCUT2D eigenvalue weighted by atomic mass is 9.92. The summed E-state index contributed by atoms with van der Waals surface area (Å²) in [5.41, 5.74) is 6.58. The van der Waals surface area contributed by atoms with Crippen molar-refractivity contribution in [2.75, 3.05) is 13.1 Å². The van der Waals surface area contributed by atoms with E-state index < -0.39 is 5.91 Å². The van der Waals surface area contributed by atoms with Crippen molar-refractivity contribution in [2.24, 2.45) is 5.73 Å². The van der Waals surface area contributed by atoms with Gasteiger partial charge in [-0.25, -0.2) is 0 Å². The van der Waals surface area contributed by atoms with E-state index in [2.05, 4.69) is 14.8 Å². The Kier molecular flexibility index (Phi) is 4.98. The third kappa shape index (κ3) is 3.67. The number of aryl methyl sites for hydroxylation is 1. The molecule has 2 aromatic rings. The highest BCUT2D eigenvalue weighted by Gasteiger charge is 2.28. The van der Waals surface area contributed by atoms with Crippen LogP contribution in [-0.4, -0.2) is 44.6 Å². The number of rotatable bonds is 6. The number of carbonyl (C=O) groups is 2. The van der Waals surface area contributed by atoms with Gasteiger partial charge in [-0.1, -0.05) is 0 Å². The summed E-state index contributed by atoms with van der Waals surface area (Å²) in [5.74, 6) is -0.210. The summed E-state index contributed by atoms with van der Waals surface area (Å²) >= 11 is 0. The lowest BCUT2D eigenvalue weighted by Crippen LogP contribution is -2.39. The fraction of sp³-hybridized carbons (Fsp3) is 0.471. The number of piperidine rings is 1. The van der Waals surface area contributed by atoms with Gasteiger partial charge in [0.05, 0.1) is 17.5 Å². The Bertz CT molecular complexity index is 692. The summed E-state index contributed by atoms with van der Waals surface area (Å²) in [5, 5.41) is 6.82. The van der Waals surface area contributed by atoms with Gasteiger partial charge in [0, 0.05) is 44.4 Å². The normalized spacial score (nSPS) is 17.8. The van der Waals surface area contributed by atoms with Gasteiger partial charge >= 0.3 is 0 Å². The van der Waals surface area contributed by atoms with Crippen molar-refractivity contribution in [3.63, 3.8) is 0 Å². The van der Waals surface area contributed by atoms with E-state index >= 15 is 0 Å². The van der Waals surface area contributed by atoms with Crippen molar-refractivity contribution in [1.82, 2.24) is 19.7 Å². The maximum atomic E-state index is 12.5. The lowest BCUT2D eigenvalue weighted by molar-refractivity contribution is -0.132. The Balaban J connectivity index is 1.55. The topological polar surface area (TPSA) is 97.0 Å². The van der Waals surface area contributed by atoms with Gasteiger partial charge in [-0.2, -0.15) is 5.10 Å². The molecule has 1 aliphatic rings. The van der Waals surface area contributed by atoms with Crippen LogP contribution in [0.3, 0.4) is 0 Å². The molecule has 0 radical (unpaired) electrons. The third-order valence-corrected chi connectivity index (χ3v) is 4.59. The van der Waals surface area contributed by atoms with Crippen molar-refractivity contribution in [1.29, 1.82) is 0 Å². The van der Waals surface area contributed by atoms with Crippen LogP contribution in [0.15, 0.2) is 30.7 Å². The van der Waals surface area contributed by atoms with Gasteiger partial charge in [0.15, 0.2) is 0 Å². The summed E-state index contributed by atoms with van der Waals surface area (Å²) < 4.78 is 2.08. The first-order chi connectivity index (χ1) is 11.6. The van der Waals surface area contributed by atoms with E-state index in [1.807, 2.05) is 29.4 Å². The zero-order valence-corrected chi connectivity index (χ0v) is 13.6. The molecule has 128 valence electrons. The largest absolute Gasteiger partial charge is 0.365 e.